The van der Waals surface area contributed by atoms with Crippen LogP contribution in [0.3, 0.4) is 0 Å². The number of furan rings is 1. The average Bonchev–Trinajstić information content (AvgIpc) is 3.37. The molecule has 8 heteroatoms. The molecular formula is C28H34O8. The molecule has 0 amide bonds. The third kappa shape index (κ3) is 2.45. The Bertz CT molecular complexity index is 1180. The number of hydrogen-bond donors (Lipinski definition) is 1. The van der Waals surface area contributed by atoms with Crippen molar-refractivity contribution in [2.75, 3.05) is 0 Å². The standard InChI is InChI=1S/C28H34O8/c1-14(29)34-20-12-16-24(2,3)18(30)7-9-25(16,4)17-11-19(31)27(6)21(15-8-10-33-13-15)35-23(32)22-28(27,36-22)26(17,20)5/h7-10,13,16-17,19-22,31H,11-12H2,1-6H3/t16-,17+,19+,20+,21-,22+,25-,26-,27-,28-/m0/s1. The normalized spacial score (nSPS) is 50.2. The van der Waals surface area contributed by atoms with Crippen LogP contribution in [0.25, 0.3) is 0 Å². The fourth-order valence-corrected chi connectivity index (χ4v) is 9.13. The number of ether oxygens (including phenoxy) is 3. The number of epoxide rings is 1. The molecule has 8 nitrogen and oxygen atoms in total. The van der Waals surface area contributed by atoms with E-state index in [0.29, 0.717) is 18.4 Å². The van der Waals surface area contributed by atoms with E-state index in [2.05, 4.69) is 6.92 Å². The van der Waals surface area contributed by atoms with Gasteiger partial charge in [0.2, 0.25) is 0 Å². The van der Waals surface area contributed by atoms with Gasteiger partial charge in [0.25, 0.3) is 0 Å². The number of aliphatic hydroxyl groups is 1. The van der Waals surface area contributed by atoms with Gasteiger partial charge in [-0.15, -0.1) is 0 Å². The van der Waals surface area contributed by atoms with Gasteiger partial charge >= 0.3 is 11.9 Å². The molecule has 194 valence electrons. The quantitative estimate of drug-likeness (QED) is 0.486. The molecule has 3 heterocycles. The van der Waals surface area contributed by atoms with Crippen LogP contribution in [-0.2, 0) is 28.6 Å². The molecule has 1 aromatic rings. The maximum Gasteiger partial charge on any atom is 0.339 e. The van der Waals surface area contributed by atoms with Gasteiger partial charge in [0, 0.05) is 23.3 Å². The van der Waals surface area contributed by atoms with Crippen LogP contribution in [0.1, 0.15) is 66.1 Å². The number of esters is 2. The SMILES string of the molecule is CC(=O)O[C@@H]1C[C@H]2C(C)(C)C(=O)C=C[C@]2(C)[C@H]2C[C@@H](O)[C@@]3(C)[C@H](c4ccoc4)OC(=O)[C@H]4O[C@]43[C@@]21C. The number of hydrogen-bond acceptors (Lipinski definition) is 8. The van der Waals surface area contributed by atoms with Gasteiger partial charge in [-0.3, -0.25) is 9.59 Å². The third-order valence-corrected chi connectivity index (χ3v) is 11.0. The highest BCUT2D eigenvalue weighted by Gasteiger charge is 2.90. The first kappa shape index (κ1) is 23.9. The van der Waals surface area contributed by atoms with E-state index in [-0.39, 0.29) is 17.6 Å². The second kappa shape index (κ2) is 6.90. The van der Waals surface area contributed by atoms with Crippen LogP contribution in [0, 0.1) is 33.5 Å². The fraction of sp³-hybridized carbons (Fsp3) is 0.679. The lowest BCUT2D eigenvalue weighted by Crippen LogP contribution is -2.75. The van der Waals surface area contributed by atoms with Gasteiger partial charge in [-0.2, -0.15) is 0 Å². The predicted octanol–water partition coefficient (Wildman–Crippen LogP) is 3.53. The molecule has 36 heavy (non-hydrogen) atoms. The lowest BCUT2D eigenvalue weighted by molar-refractivity contribution is -0.277. The summed E-state index contributed by atoms with van der Waals surface area (Å²) in [5, 5.41) is 11.9. The van der Waals surface area contributed by atoms with E-state index in [1.165, 1.54) is 19.5 Å². The molecule has 5 aliphatic rings. The van der Waals surface area contributed by atoms with E-state index in [4.69, 9.17) is 18.6 Å². The summed E-state index contributed by atoms with van der Waals surface area (Å²) in [5.41, 5.74) is -3.53. The number of carbonyl (C=O) groups is 3. The first-order valence-electron chi connectivity index (χ1n) is 12.8. The van der Waals surface area contributed by atoms with Crippen molar-refractivity contribution in [1.29, 1.82) is 0 Å². The van der Waals surface area contributed by atoms with Crippen molar-refractivity contribution in [2.24, 2.45) is 33.5 Å². The van der Waals surface area contributed by atoms with Gasteiger partial charge in [-0.1, -0.05) is 40.7 Å². The summed E-state index contributed by atoms with van der Waals surface area (Å²) in [6.45, 7) is 11.4. The van der Waals surface area contributed by atoms with Crippen LogP contribution >= 0.6 is 0 Å². The second-order valence-corrected chi connectivity index (χ2v) is 12.6. The first-order chi connectivity index (χ1) is 16.8. The minimum atomic E-state index is -1.13. The number of rotatable bonds is 2. The van der Waals surface area contributed by atoms with Crippen LogP contribution in [0.2, 0.25) is 0 Å². The van der Waals surface area contributed by atoms with E-state index in [1.54, 1.807) is 12.1 Å². The van der Waals surface area contributed by atoms with Crippen LogP contribution < -0.4 is 0 Å². The molecule has 2 saturated heterocycles. The minimum absolute atomic E-state index is 0.0383. The van der Waals surface area contributed by atoms with Gasteiger partial charge in [0.05, 0.1) is 24.0 Å². The second-order valence-electron chi connectivity index (χ2n) is 12.6. The number of allylic oxidation sites excluding steroid dienone is 2. The molecule has 3 aliphatic carbocycles. The number of fused-ring (bicyclic) bond motifs is 3. The molecule has 1 N–H and O–H groups in total. The zero-order valence-electron chi connectivity index (χ0n) is 21.6. The lowest BCUT2D eigenvalue weighted by atomic mass is 9.35. The van der Waals surface area contributed by atoms with Crippen LogP contribution in [-0.4, -0.2) is 46.7 Å². The number of ketones is 1. The summed E-state index contributed by atoms with van der Waals surface area (Å²) in [5.74, 6) is -1.24. The van der Waals surface area contributed by atoms with Gasteiger partial charge in [-0.05, 0) is 42.2 Å². The molecule has 4 fully saturated rings. The first-order valence-corrected chi connectivity index (χ1v) is 12.8. The Morgan fingerprint density at radius 1 is 1.06 bits per heavy atom. The van der Waals surface area contributed by atoms with E-state index >= 15 is 0 Å². The Kier molecular flexibility index (Phi) is 4.58. The zero-order chi connectivity index (χ0) is 26.1. The van der Waals surface area contributed by atoms with Gasteiger partial charge in [0.1, 0.15) is 17.8 Å². The van der Waals surface area contributed by atoms with Gasteiger partial charge in [0.15, 0.2) is 11.9 Å². The summed E-state index contributed by atoms with van der Waals surface area (Å²) in [4.78, 5) is 38.7. The molecule has 0 radical (unpaired) electrons. The zero-order valence-corrected chi connectivity index (χ0v) is 21.6. The van der Waals surface area contributed by atoms with E-state index < -0.39 is 63.6 Å². The summed E-state index contributed by atoms with van der Waals surface area (Å²) < 4.78 is 23.7. The number of aliphatic hydroxyl groups excluding tert-OH is 1. The monoisotopic (exact) mass is 498 g/mol. The molecule has 0 unspecified atom stereocenters. The summed E-state index contributed by atoms with van der Waals surface area (Å²) >= 11 is 0. The molecule has 10 atom stereocenters. The van der Waals surface area contributed by atoms with Crippen LogP contribution in [0.15, 0.2) is 35.2 Å². The summed E-state index contributed by atoms with van der Waals surface area (Å²) in [7, 11) is 0. The Hall–Kier alpha value is -2.45. The molecule has 2 aliphatic heterocycles. The Morgan fingerprint density at radius 2 is 1.78 bits per heavy atom. The highest BCUT2D eigenvalue weighted by atomic mass is 16.7. The highest BCUT2D eigenvalue weighted by molar-refractivity contribution is 5.96. The molecule has 0 aromatic carbocycles. The van der Waals surface area contributed by atoms with Crippen molar-refractivity contribution >= 4 is 17.7 Å². The summed E-state index contributed by atoms with van der Waals surface area (Å²) in [6.07, 6.45) is 4.32. The maximum atomic E-state index is 13.3. The molecule has 6 rings (SSSR count). The molecule has 1 aromatic heterocycles. The molecular weight excluding hydrogens is 464 g/mol. The number of carbonyl (C=O) groups excluding carboxylic acids is 3. The van der Waals surface area contributed by atoms with Gasteiger partial charge < -0.3 is 23.7 Å². The minimum Gasteiger partial charge on any atom is -0.472 e. The Morgan fingerprint density at radius 3 is 2.42 bits per heavy atom. The van der Waals surface area contributed by atoms with Crippen molar-refractivity contribution in [3.63, 3.8) is 0 Å². The van der Waals surface area contributed by atoms with Crippen molar-refractivity contribution in [3.8, 4) is 0 Å². The third-order valence-electron chi connectivity index (χ3n) is 11.0. The largest absolute Gasteiger partial charge is 0.472 e. The lowest BCUT2D eigenvalue weighted by Gasteiger charge is -2.69. The Balaban J connectivity index is 1.58. The van der Waals surface area contributed by atoms with Crippen LogP contribution in [0.4, 0.5) is 0 Å². The van der Waals surface area contributed by atoms with Crippen molar-refractivity contribution in [1.82, 2.24) is 0 Å². The predicted molar refractivity (Wildman–Crippen MR) is 125 cm³/mol. The fourth-order valence-electron chi connectivity index (χ4n) is 9.13. The van der Waals surface area contributed by atoms with Crippen molar-refractivity contribution in [3.05, 3.63) is 36.3 Å². The summed E-state index contributed by atoms with van der Waals surface area (Å²) in [6, 6.07) is 1.74. The topological polar surface area (TPSA) is 116 Å². The smallest absolute Gasteiger partial charge is 0.339 e. The molecule has 2 saturated carbocycles. The highest BCUT2D eigenvalue weighted by Crippen LogP contribution is 2.79. The maximum absolute atomic E-state index is 13.3. The number of cyclic esters (lactones) is 1. The van der Waals surface area contributed by atoms with E-state index in [9.17, 15) is 19.5 Å². The average molecular weight is 499 g/mol. The van der Waals surface area contributed by atoms with Gasteiger partial charge in [-0.25, -0.2) is 4.79 Å². The van der Waals surface area contributed by atoms with Crippen LogP contribution in [0.5, 0.6) is 0 Å². The molecule has 1 spiro atoms. The van der Waals surface area contributed by atoms with E-state index in [0.717, 1.165) is 0 Å². The van der Waals surface area contributed by atoms with Crippen molar-refractivity contribution in [2.45, 2.75) is 84.4 Å². The van der Waals surface area contributed by atoms with Crippen molar-refractivity contribution < 1.29 is 38.1 Å². The molecule has 0 bridgehead atoms. The Labute approximate surface area is 210 Å². The van der Waals surface area contributed by atoms with E-state index in [1.807, 2.05) is 33.8 Å².